The average Bonchev–Trinajstić information content (AvgIpc) is 3.14. The molecule has 31 heavy (non-hydrogen) atoms. The molecule has 0 atom stereocenters. The van der Waals surface area contributed by atoms with Gasteiger partial charge in [0.2, 0.25) is 0 Å². The second-order valence-electron chi connectivity index (χ2n) is 7.22. The highest BCUT2D eigenvalue weighted by molar-refractivity contribution is 5.97. The lowest BCUT2D eigenvalue weighted by atomic mass is 9.98. The van der Waals surface area contributed by atoms with Gasteiger partial charge in [-0.25, -0.2) is 4.79 Å². The van der Waals surface area contributed by atoms with E-state index in [0.717, 1.165) is 5.56 Å². The maximum absolute atomic E-state index is 12.2. The Hall–Kier alpha value is -4.06. The molecule has 0 radical (unpaired) electrons. The van der Waals surface area contributed by atoms with Crippen LogP contribution in [0.3, 0.4) is 0 Å². The molecule has 1 aliphatic rings. The number of carbonyl (C=O) groups excluding carboxylic acids is 1. The topological polar surface area (TPSA) is 96.9 Å². The summed E-state index contributed by atoms with van der Waals surface area (Å²) in [5.74, 6) is 0.106. The third kappa shape index (κ3) is 4.43. The van der Waals surface area contributed by atoms with E-state index in [-0.39, 0.29) is 11.8 Å². The molecule has 1 aliphatic carbocycles. The molecule has 0 heterocycles. The number of amidine groups is 1. The lowest BCUT2D eigenvalue weighted by Crippen LogP contribution is -2.26. The number of nitrogens with two attached hydrogens (primary N) is 1. The lowest BCUT2D eigenvalue weighted by molar-refractivity contribution is 0.144. The van der Waals surface area contributed by atoms with Crippen molar-refractivity contribution >= 4 is 18.0 Å². The molecule has 0 aromatic heterocycles. The molecule has 6 heteroatoms. The number of fused-ring (bicyclic) bond motifs is 3. The molecule has 0 saturated heterocycles. The second-order valence-corrected chi connectivity index (χ2v) is 7.22. The fourth-order valence-corrected chi connectivity index (χ4v) is 3.81. The summed E-state index contributed by atoms with van der Waals surface area (Å²) in [7, 11) is 0. The van der Waals surface area contributed by atoms with Crippen LogP contribution >= 0.6 is 0 Å². The van der Waals surface area contributed by atoms with E-state index in [0.29, 0.717) is 18.7 Å². The van der Waals surface area contributed by atoms with Crippen molar-refractivity contribution in [3.05, 3.63) is 101 Å². The molecule has 3 aromatic rings. The van der Waals surface area contributed by atoms with E-state index >= 15 is 0 Å². The molecule has 0 aliphatic heterocycles. The van der Waals surface area contributed by atoms with Crippen molar-refractivity contribution in [2.75, 3.05) is 13.2 Å². The summed E-state index contributed by atoms with van der Waals surface area (Å²) in [6.45, 7) is 0.636. The van der Waals surface area contributed by atoms with Crippen LogP contribution in [0.15, 0.2) is 84.0 Å². The molecule has 1 amide bonds. The van der Waals surface area contributed by atoms with Crippen LogP contribution in [0.4, 0.5) is 4.79 Å². The minimum atomic E-state index is -0.450. The first-order valence-electron chi connectivity index (χ1n) is 10.0. The molecule has 4 rings (SSSR count). The Morgan fingerprint density at radius 2 is 1.61 bits per heavy atom. The van der Waals surface area contributed by atoms with Crippen molar-refractivity contribution < 1.29 is 14.7 Å². The second kappa shape index (κ2) is 9.17. The van der Waals surface area contributed by atoms with Gasteiger partial charge in [-0.1, -0.05) is 90.1 Å². The number of amides is 1. The predicted molar refractivity (Wildman–Crippen MR) is 121 cm³/mol. The van der Waals surface area contributed by atoms with Crippen LogP contribution in [0.25, 0.3) is 17.2 Å². The quantitative estimate of drug-likeness (QED) is 0.242. The van der Waals surface area contributed by atoms with Gasteiger partial charge in [0, 0.05) is 18.0 Å². The lowest BCUT2D eigenvalue weighted by Gasteiger charge is -2.14. The molecule has 0 spiro atoms. The van der Waals surface area contributed by atoms with Gasteiger partial charge in [0.15, 0.2) is 5.84 Å². The maximum atomic E-state index is 12.2. The Morgan fingerprint density at radius 3 is 2.23 bits per heavy atom. The summed E-state index contributed by atoms with van der Waals surface area (Å²) in [6.07, 6.45) is 3.26. The summed E-state index contributed by atoms with van der Waals surface area (Å²) in [4.78, 5) is 12.2. The van der Waals surface area contributed by atoms with Crippen LogP contribution in [-0.4, -0.2) is 30.3 Å². The summed E-state index contributed by atoms with van der Waals surface area (Å²) >= 11 is 0. The summed E-state index contributed by atoms with van der Waals surface area (Å²) in [5.41, 5.74) is 11.9. The van der Waals surface area contributed by atoms with Crippen molar-refractivity contribution in [2.45, 2.75) is 5.92 Å². The van der Waals surface area contributed by atoms with Crippen molar-refractivity contribution in [3.8, 4) is 11.1 Å². The Labute approximate surface area is 180 Å². The minimum Gasteiger partial charge on any atom is -0.449 e. The van der Waals surface area contributed by atoms with Gasteiger partial charge in [0.05, 0.1) is 0 Å². The summed E-state index contributed by atoms with van der Waals surface area (Å²) < 4.78 is 5.51. The third-order valence-corrected chi connectivity index (χ3v) is 5.33. The molecule has 0 saturated carbocycles. The van der Waals surface area contributed by atoms with Gasteiger partial charge in [-0.15, -0.1) is 0 Å². The number of hydrogen-bond acceptors (Lipinski definition) is 4. The van der Waals surface area contributed by atoms with Crippen molar-refractivity contribution in [3.63, 3.8) is 0 Å². The Bertz CT molecular complexity index is 1090. The van der Waals surface area contributed by atoms with E-state index in [9.17, 15) is 4.79 Å². The molecule has 156 valence electrons. The molecule has 0 fully saturated rings. The molecule has 6 nitrogen and oxygen atoms in total. The van der Waals surface area contributed by atoms with E-state index in [1.165, 1.54) is 22.3 Å². The van der Waals surface area contributed by atoms with Gasteiger partial charge in [-0.2, -0.15) is 0 Å². The Kier molecular flexibility index (Phi) is 5.98. The van der Waals surface area contributed by atoms with Crippen molar-refractivity contribution in [2.24, 2.45) is 10.9 Å². The number of nitrogens with one attached hydrogen (secondary N) is 1. The van der Waals surface area contributed by atoms with Crippen molar-refractivity contribution in [1.29, 1.82) is 0 Å². The molecule has 0 unspecified atom stereocenters. The summed E-state index contributed by atoms with van der Waals surface area (Å²) in [5, 5.41) is 14.4. The zero-order valence-corrected chi connectivity index (χ0v) is 16.9. The number of rotatable bonds is 6. The zero-order chi connectivity index (χ0) is 21.6. The first-order chi connectivity index (χ1) is 15.2. The fraction of sp³-hybridized carbons (Fsp3) is 0.120. The van der Waals surface area contributed by atoms with Crippen molar-refractivity contribution in [1.82, 2.24) is 5.32 Å². The summed E-state index contributed by atoms with van der Waals surface area (Å²) in [6, 6.07) is 23.7. The van der Waals surface area contributed by atoms with Crippen LogP contribution in [-0.2, 0) is 4.74 Å². The number of oxime groups is 1. The van der Waals surface area contributed by atoms with Gasteiger partial charge in [-0.3, -0.25) is 0 Å². The number of hydrogen-bond donors (Lipinski definition) is 3. The first kappa shape index (κ1) is 20.2. The number of benzene rings is 3. The maximum Gasteiger partial charge on any atom is 0.407 e. The van der Waals surface area contributed by atoms with Crippen LogP contribution in [0.1, 0.15) is 28.2 Å². The van der Waals surface area contributed by atoms with Gasteiger partial charge in [0.1, 0.15) is 6.61 Å². The largest absolute Gasteiger partial charge is 0.449 e. The molecule has 4 N–H and O–H groups in total. The number of ether oxygens (including phenoxy) is 1. The molecule has 0 bridgehead atoms. The minimum absolute atomic E-state index is 0.0436. The smallest absolute Gasteiger partial charge is 0.407 e. The SMILES string of the molecule is NC(=NO)c1ccc(C=CCNC(=O)OCC2c3ccccc3-c3ccccc32)cc1. The van der Waals surface area contributed by atoms with Crippen LogP contribution in [0.2, 0.25) is 0 Å². The third-order valence-electron chi connectivity index (χ3n) is 5.33. The highest BCUT2D eigenvalue weighted by atomic mass is 16.5. The number of carbonyl (C=O) groups is 1. The number of alkyl carbamates (subject to hydrolysis) is 1. The van der Waals surface area contributed by atoms with Gasteiger partial charge < -0.3 is 21.0 Å². The predicted octanol–water partition coefficient (Wildman–Crippen LogP) is 4.33. The Balaban J connectivity index is 1.30. The van der Waals surface area contributed by atoms with E-state index in [2.05, 4.69) is 34.7 Å². The van der Waals surface area contributed by atoms with Gasteiger partial charge in [0.25, 0.3) is 0 Å². The van der Waals surface area contributed by atoms with E-state index in [1.54, 1.807) is 12.1 Å². The standard InChI is InChI=1S/C25H23N3O3/c26-24(28-30)18-13-11-17(12-14-18)6-5-15-27-25(29)31-16-23-21-9-3-1-7-19(21)20-8-2-4-10-22(20)23/h1-14,23,30H,15-16H2,(H2,26,28)(H,27,29). The van der Waals surface area contributed by atoms with E-state index in [4.69, 9.17) is 15.7 Å². The molecular weight excluding hydrogens is 390 g/mol. The molecule has 3 aromatic carbocycles. The number of nitrogens with zero attached hydrogens (tertiary/aromatic N) is 1. The van der Waals surface area contributed by atoms with Crippen LogP contribution < -0.4 is 11.1 Å². The van der Waals surface area contributed by atoms with Crippen LogP contribution in [0, 0.1) is 0 Å². The highest BCUT2D eigenvalue weighted by Crippen LogP contribution is 2.44. The molecular formula is C25H23N3O3. The monoisotopic (exact) mass is 413 g/mol. The normalized spacial score (nSPS) is 13.1. The van der Waals surface area contributed by atoms with Gasteiger partial charge >= 0.3 is 6.09 Å². The van der Waals surface area contributed by atoms with Gasteiger partial charge in [-0.05, 0) is 27.8 Å². The average molecular weight is 413 g/mol. The first-order valence-corrected chi connectivity index (χ1v) is 10.0. The fourth-order valence-electron chi connectivity index (χ4n) is 3.81. The Morgan fingerprint density at radius 1 is 1.00 bits per heavy atom. The van der Waals surface area contributed by atoms with E-state index in [1.807, 2.05) is 48.6 Å². The zero-order valence-electron chi connectivity index (χ0n) is 16.9. The highest BCUT2D eigenvalue weighted by Gasteiger charge is 2.28. The van der Waals surface area contributed by atoms with E-state index < -0.39 is 6.09 Å². The van der Waals surface area contributed by atoms with Crippen LogP contribution in [0.5, 0.6) is 0 Å².